The van der Waals surface area contributed by atoms with E-state index in [2.05, 4.69) is 0 Å². The van der Waals surface area contributed by atoms with E-state index in [-0.39, 0.29) is 24.4 Å². The van der Waals surface area contributed by atoms with Crippen LogP contribution in [0.5, 0.6) is 5.75 Å². The summed E-state index contributed by atoms with van der Waals surface area (Å²) in [6.45, 7) is 0.0342. The van der Waals surface area contributed by atoms with Crippen molar-refractivity contribution in [1.82, 2.24) is 14.8 Å². The van der Waals surface area contributed by atoms with Crippen molar-refractivity contribution in [3.8, 4) is 5.75 Å². The zero-order chi connectivity index (χ0) is 24.8. The van der Waals surface area contributed by atoms with E-state index in [1.165, 1.54) is 4.57 Å². The number of nitrogens with one attached hydrogen (secondary N) is 1. The molecule has 0 radical (unpaired) electrons. The molecule has 2 aliphatic heterocycles. The largest absolute Gasteiger partial charge is 0.503 e. The number of fused-ring (bicyclic) bond motifs is 8. The van der Waals surface area contributed by atoms with Crippen molar-refractivity contribution in [2.45, 2.75) is 50.2 Å². The van der Waals surface area contributed by atoms with Crippen molar-refractivity contribution >= 4 is 11.8 Å². The summed E-state index contributed by atoms with van der Waals surface area (Å²) in [5.41, 5.74) is -2.90. The fourth-order valence-electron chi connectivity index (χ4n) is 5.78. The van der Waals surface area contributed by atoms with Gasteiger partial charge in [-0.1, -0.05) is 6.07 Å². The Morgan fingerprint density at radius 3 is 2.66 bits per heavy atom. The number of hydrogen-bond donors (Lipinski definition) is 2. The van der Waals surface area contributed by atoms with Gasteiger partial charge in [0.2, 0.25) is 5.43 Å². The monoisotopic (exact) mass is 493 g/mol. The summed E-state index contributed by atoms with van der Waals surface area (Å²) in [6.07, 6.45) is -1.26. The van der Waals surface area contributed by atoms with Crippen LogP contribution in [-0.2, 0) is 11.3 Å². The lowest BCUT2D eigenvalue weighted by atomic mass is 10.0. The van der Waals surface area contributed by atoms with Gasteiger partial charge in [-0.15, -0.1) is 0 Å². The maximum atomic E-state index is 14.1. The van der Waals surface area contributed by atoms with Gasteiger partial charge in [0.25, 0.3) is 18.2 Å². The lowest BCUT2D eigenvalue weighted by Crippen LogP contribution is -2.58. The number of carbonyl (C=O) groups excluding carboxylic acids is 2. The minimum atomic E-state index is -3.29. The second kappa shape index (κ2) is 7.54. The summed E-state index contributed by atoms with van der Waals surface area (Å²) in [5.74, 6) is -4.46. The van der Waals surface area contributed by atoms with Crippen LogP contribution in [0.1, 0.15) is 45.3 Å². The van der Waals surface area contributed by atoms with E-state index < -0.39 is 64.4 Å². The fraction of sp³-hybridized carbons (Fsp3) is 0.435. The summed E-state index contributed by atoms with van der Waals surface area (Å²) < 4.78 is 61.9. The number of benzene rings is 1. The molecule has 6 atom stereocenters. The lowest BCUT2D eigenvalue weighted by molar-refractivity contribution is -0.144. The molecule has 1 saturated heterocycles. The second-order valence-corrected chi connectivity index (χ2v) is 9.38. The van der Waals surface area contributed by atoms with Crippen LogP contribution in [0.3, 0.4) is 0 Å². The Bertz CT molecular complexity index is 1330. The SMILES string of the molecule is O=C(N[C@@H](c1ccc(F)cc1F)C(F)F)c1cn2c(c(O)c1=O)C(=O)N1[C@@H](C2)OC2C[C@H]1C1C[C@H]21. The third-order valence-corrected chi connectivity index (χ3v) is 7.46. The minimum Gasteiger partial charge on any atom is -0.503 e. The van der Waals surface area contributed by atoms with Crippen LogP contribution in [0.15, 0.2) is 29.2 Å². The highest BCUT2D eigenvalue weighted by atomic mass is 19.3. The van der Waals surface area contributed by atoms with E-state index in [1.54, 1.807) is 4.90 Å². The van der Waals surface area contributed by atoms with Crippen molar-refractivity contribution < 1.29 is 37.0 Å². The van der Waals surface area contributed by atoms with Crippen LogP contribution in [0.4, 0.5) is 17.6 Å². The first kappa shape index (κ1) is 22.1. The number of amides is 2. The lowest BCUT2D eigenvalue weighted by Gasteiger charge is -2.45. The molecule has 35 heavy (non-hydrogen) atoms. The van der Waals surface area contributed by atoms with Gasteiger partial charge in [0, 0.05) is 23.9 Å². The number of alkyl halides is 2. The number of nitrogens with zero attached hydrogens (tertiary/aromatic N) is 2. The standard InChI is InChI=1S/C23H19F4N3O5/c24-8-1-2-9(13(25)3-8)17(21(26)27)28-22(33)12-6-29-7-16-30(23(34)18(29)20(32)19(12)31)14-5-15(35-16)11-4-10(11)14/h1-3,6,10-11,14-17,21,32H,4-5,7H2,(H,28,33)/t10?,11-,14-,15?,16+,17-/m0/s1. The zero-order valence-corrected chi connectivity index (χ0v) is 18.0. The predicted octanol–water partition coefficient (Wildman–Crippen LogP) is 2.16. The highest BCUT2D eigenvalue weighted by molar-refractivity contribution is 5.99. The van der Waals surface area contributed by atoms with Gasteiger partial charge in [-0.25, -0.2) is 17.6 Å². The minimum absolute atomic E-state index is 0.0220. The van der Waals surface area contributed by atoms with E-state index in [9.17, 15) is 37.1 Å². The maximum absolute atomic E-state index is 14.1. The summed E-state index contributed by atoms with van der Waals surface area (Å²) in [7, 11) is 0. The molecule has 0 spiro atoms. The van der Waals surface area contributed by atoms with Crippen LogP contribution in [0.25, 0.3) is 0 Å². The summed E-state index contributed by atoms with van der Waals surface area (Å²) in [5, 5.41) is 12.4. The molecule has 3 heterocycles. The molecular formula is C23H19F4N3O5. The van der Waals surface area contributed by atoms with Crippen LogP contribution in [-0.4, -0.2) is 51.2 Å². The molecule has 8 nitrogen and oxygen atoms in total. The average molecular weight is 493 g/mol. The molecule has 2 N–H and O–H groups in total. The number of pyridine rings is 1. The molecule has 2 amide bonds. The molecule has 1 aromatic heterocycles. The topological polar surface area (TPSA) is 101 Å². The quantitative estimate of drug-likeness (QED) is 0.636. The molecule has 1 aromatic carbocycles. The molecule has 6 rings (SSSR count). The van der Waals surface area contributed by atoms with Crippen LogP contribution in [0.2, 0.25) is 0 Å². The molecule has 2 aliphatic carbocycles. The van der Waals surface area contributed by atoms with Gasteiger partial charge in [0.15, 0.2) is 17.7 Å². The normalized spacial score (nSPS) is 28.9. The van der Waals surface area contributed by atoms with Gasteiger partial charge in [0.05, 0.1) is 12.6 Å². The van der Waals surface area contributed by atoms with Gasteiger partial charge >= 0.3 is 0 Å². The molecule has 12 heteroatoms. The summed E-state index contributed by atoms with van der Waals surface area (Å²) >= 11 is 0. The molecule has 2 saturated carbocycles. The molecule has 2 unspecified atom stereocenters. The first-order valence-electron chi connectivity index (χ1n) is 11.1. The van der Waals surface area contributed by atoms with Gasteiger partial charge in [0.1, 0.15) is 23.2 Å². The number of aromatic nitrogens is 1. The number of halogens is 4. The van der Waals surface area contributed by atoms with E-state index in [1.807, 2.05) is 5.32 Å². The Morgan fingerprint density at radius 2 is 1.94 bits per heavy atom. The highest BCUT2D eigenvalue weighted by Crippen LogP contribution is 2.58. The highest BCUT2D eigenvalue weighted by Gasteiger charge is 2.63. The van der Waals surface area contributed by atoms with Crippen molar-refractivity contribution in [1.29, 1.82) is 0 Å². The third kappa shape index (κ3) is 3.26. The number of aromatic hydroxyl groups is 1. The molecule has 2 aromatic rings. The zero-order valence-electron chi connectivity index (χ0n) is 18.0. The molecular weight excluding hydrogens is 474 g/mol. The molecule has 4 aliphatic rings. The summed E-state index contributed by atoms with van der Waals surface area (Å²) in [6, 6.07) is -0.301. The Hall–Kier alpha value is -3.41. The smallest absolute Gasteiger partial charge is 0.276 e. The van der Waals surface area contributed by atoms with Gasteiger partial charge < -0.3 is 24.6 Å². The third-order valence-electron chi connectivity index (χ3n) is 7.46. The first-order chi connectivity index (χ1) is 16.7. The van der Waals surface area contributed by atoms with E-state index in [0.717, 1.165) is 24.8 Å². The number of carbonyl (C=O) groups is 2. The second-order valence-electron chi connectivity index (χ2n) is 9.38. The van der Waals surface area contributed by atoms with Crippen molar-refractivity contribution in [3.63, 3.8) is 0 Å². The van der Waals surface area contributed by atoms with Gasteiger partial charge in [-0.3, -0.25) is 14.4 Å². The average Bonchev–Trinajstić information content (AvgIpc) is 3.55. The van der Waals surface area contributed by atoms with Crippen LogP contribution in [0, 0.1) is 23.5 Å². The molecule has 184 valence electrons. The van der Waals surface area contributed by atoms with Gasteiger partial charge in [-0.2, -0.15) is 0 Å². The van der Waals surface area contributed by atoms with Crippen molar-refractivity contribution in [3.05, 3.63) is 63.1 Å². The maximum Gasteiger partial charge on any atom is 0.276 e. The number of hydrogen-bond acceptors (Lipinski definition) is 5. The number of ether oxygens (including phenoxy) is 1. The Labute approximate surface area is 195 Å². The Kier molecular flexibility index (Phi) is 4.76. The molecule has 3 fully saturated rings. The van der Waals surface area contributed by atoms with Gasteiger partial charge in [-0.05, 0) is 30.7 Å². The van der Waals surface area contributed by atoms with Crippen molar-refractivity contribution in [2.24, 2.45) is 11.8 Å². The van der Waals surface area contributed by atoms with Crippen molar-refractivity contribution in [2.75, 3.05) is 0 Å². The Morgan fingerprint density at radius 1 is 1.17 bits per heavy atom. The van der Waals surface area contributed by atoms with E-state index >= 15 is 0 Å². The summed E-state index contributed by atoms with van der Waals surface area (Å²) in [4.78, 5) is 40.4. The Balaban J connectivity index is 1.33. The van der Waals surface area contributed by atoms with E-state index in [4.69, 9.17) is 4.74 Å². The van der Waals surface area contributed by atoms with Crippen LogP contribution < -0.4 is 10.7 Å². The first-order valence-corrected chi connectivity index (χ1v) is 11.1. The molecule has 2 bridgehead atoms. The van der Waals surface area contributed by atoms with E-state index in [0.29, 0.717) is 24.3 Å². The van der Waals surface area contributed by atoms with Crippen LogP contribution >= 0.6 is 0 Å². The number of rotatable bonds is 4. The fourth-order valence-corrected chi connectivity index (χ4v) is 5.78. The predicted molar refractivity (Wildman–Crippen MR) is 110 cm³/mol.